The number of hydrogen-bond donors (Lipinski definition) is 3. The standard InChI is InChI=1S/C19H29N3O4/c1-13(2)17(23)6-5-7-18(24)21-14(3)19(25)22-16-10-8-15(9-11-16)12-26-20-4/h8-11,13-14,20H,5-7,12H2,1-4H3,(H,21,24)(H,22,25)/t14-/m1/s1. The van der Waals surface area contributed by atoms with Crippen molar-refractivity contribution in [1.29, 1.82) is 0 Å². The van der Waals surface area contributed by atoms with E-state index in [0.29, 0.717) is 25.1 Å². The van der Waals surface area contributed by atoms with Gasteiger partial charge in [0.1, 0.15) is 11.8 Å². The Balaban J connectivity index is 2.37. The van der Waals surface area contributed by atoms with Crippen molar-refractivity contribution >= 4 is 23.3 Å². The van der Waals surface area contributed by atoms with Crippen LogP contribution in [0.25, 0.3) is 0 Å². The van der Waals surface area contributed by atoms with E-state index < -0.39 is 6.04 Å². The molecule has 144 valence electrons. The van der Waals surface area contributed by atoms with E-state index in [1.165, 1.54) is 0 Å². The van der Waals surface area contributed by atoms with Crippen LogP contribution in [0.5, 0.6) is 0 Å². The van der Waals surface area contributed by atoms with E-state index in [9.17, 15) is 14.4 Å². The minimum absolute atomic E-state index is 0.0149. The third kappa shape index (κ3) is 8.22. The van der Waals surface area contributed by atoms with Crippen LogP contribution in [0, 0.1) is 5.92 Å². The smallest absolute Gasteiger partial charge is 0.246 e. The van der Waals surface area contributed by atoms with Gasteiger partial charge < -0.3 is 10.6 Å². The normalized spacial score (nSPS) is 11.9. The van der Waals surface area contributed by atoms with Crippen LogP contribution < -0.4 is 16.1 Å². The zero-order valence-corrected chi connectivity index (χ0v) is 15.9. The Hall–Kier alpha value is -2.25. The Bertz CT molecular complexity index is 599. The molecule has 1 aromatic carbocycles. The number of carbonyl (C=O) groups is 3. The summed E-state index contributed by atoms with van der Waals surface area (Å²) in [5, 5.41) is 5.41. The molecule has 2 amide bonds. The lowest BCUT2D eigenvalue weighted by atomic mass is 10.0. The summed E-state index contributed by atoms with van der Waals surface area (Å²) in [4.78, 5) is 40.7. The van der Waals surface area contributed by atoms with Crippen LogP contribution in [0.4, 0.5) is 5.69 Å². The van der Waals surface area contributed by atoms with Gasteiger partial charge in [0.2, 0.25) is 11.8 Å². The van der Waals surface area contributed by atoms with Gasteiger partial charge in [-0.25, -0.2) is 5.48 Å². The number of carbonyl (C=O) groups excluding carboxylic acids is 3. The van der Waals surface area contributed by atoms with Gasteiger partial charge in [0.25, 0.3) is 0 Å². The second-order valence-electron chi connectivity index (χ2n) is 6.44. The van der Waals surface area contributed by atoms with Gasteiger partial charge in [0, 0.05) is 31.5 Å². The first-order valence-electron chi connectivity index (χ1n) is 8.84. The molecule has 7 nitrogen and oxygen atoms in total. The molecule has 0 spiro atoms. The zero-order valence-electron chi connectivity index (χ0n) is 15.9. The predicted octanol–water partition coefficient (Wildman–Crippen LogP) is 2.18. The summed E-state index contributed by atoms with van der Waals surface area (Å²) in [5.74, 6) is -0.397. The third-order valence-electron chi connectivity index (χ3n) is 3.85. The third-order valence-corrected chi connectivity index (χ3v) is 3.85. The molecule has 7 heteroatoms. The fraction of sp³-hybridized carbons (Fsp3) is 0.526. The van der Waals surface area contributed by atoms with Crippen LogP contribution in [-0.2, 0) is 25.8 Å². The summed E-state index contributed by atoms with van der Waals surface area (Å²) in [7, 11) is 1.69. The average molecular weight is 363 g/mol. The molecular weight excluding hydrogens is 334 g/mol. The molecular formula is C19H29N3O4. The molecule has 0 heterocycles. The highest BCUT2D eigenvalue weighted by Crippen LogP contribution is 2.11. The summed E-state index contributed by atoms with van der Waals surface area (Å²) in [6, 6.07) is 6.59. The number of Topliss-reactive ketones (excluding diaryl/α,β-unsaturated/α-hetero) is 1. The van der Waals surface area contributed by atoms with E-state index in [2.05, 4.69) is 16.1 Å². The predicted molar refractivity (Wildman–Crippen MR) is 100 cm³/mol. The highest BCUT2D eigenvalue weighted by Gasteiger charge is 2.16. The molecule has 0 aliphatic heterocycles. The Morgan fingerprint density at radius 2 is 1.69 bits per heavy atom. The monoisotopic (exact) mass is 363 g/mol. The minimum atomic E-state index is -0.657. The molecule has 0 fully saturated rings. The van der Waals surface area contributed by atoms with Crippen molar-refractivity contribution in [2.45, 2.75) is 52.7 Å². The highest BCUT2D eigenvalue weighted by molar-refractivity contribution is 5.96. The molecule has 26 heavy (non-hydrogen) atoms. The van der Waals surface area contributed by atoms with Crippen LogP contribution in [0.1, 0.15) is 45.6 Å². The summed E-state index contributed by atoms with van der Waals surface area (Å²) >= 11 is 0. The molecule has 1 atom stereocenters. The SMILES string of the molecule is CNOCc1ccc(NC(=O)[C@@H](C)NC(=O)CCCC(=O)C(C)C)cc1. The zero-order chi connectivity index (χ0) is 19.5. The summed E-state index contributed by atoms with van der Waals surface area (Å²) in [5.41, 5.74) is 4.21. The molecule has 0 aromatic heterocycles. The molecule has 0 bridgehead atoms. The second kappa shape index (κ2) is 11.4. The van der Waals surface area contributed by atoms with Gasteiger partial charge in [-0.3, -0.25) is 19.2 Å². The molecule has 0 saturated carbocycles. The molecule has 0 radical (unpaired) electrons. The Labute approximate surface area is 154 Å². The number of amides is 2. The second-order valence-corrected chi connectivity index (χ2v) is 6.44. The van der Waals surface area contributed by atoms with E-state index >= 15 is 0 Å². The van der Waals surface area contributed by atoms with Gasteiger partial charge in [-0.05, 0) is 31.0 Å². The van der Waals surface area contributed by atoms with E-state index in [1.54, 1.807) is 26.1 Å². The summed E-state index contributed by atoms with van der Waals surface area (Å²) in [6.07, 6.45) is 1.11. The molecule has 1 aromatic rings. The first-order valence-corrected chi connectivity index (χ1v) is 8.84. The van der Waals surface area contributed by atoms with Crippen LogP contribution in [0.15, 0.2) is 24.3 Å². The van der Waals surface area contributed by atoms with Crippen molar-refractivity contribution in [3.05, 3.63) is 29.8 Å². The molecule has 0 aliphatic rings. The van der Waals surface area contributed by atoms with E-state index in [1.807, 2.05) is 26.0 Å². The number of rotatable bonds is 11. The first kappa shape index (κ1) is 21.8. The minimum Gasteiger partial charge on any atom is -0.345 e. The lowest BCUT2D eigenvalue weighted by Crippen LogP contribution is -2.41. The maximum absolute atomic E-state index is 12.2. The number of anilines is 1. The van der Waals surface area contributed by atoms with E-state index in [0.717, 1.165) is 5.56 Å². The molecule has 0 saturated heterocycles. The van der Waals surface area contributed by atoms with Gasteiger partial charge in [-0.15, -0.1) is 0 Å². The van der Waals surface area contributed by atoms with Crippen LogP contribution in [-0.4, -0.2) is 30.7 Å². The van der Waals surface area contributed by atoms with Crippen LogP contribution >= 0.6 is 0 Å². The Kier molecular flexibility index (Phi) is 9.54. The van der Waals surface area contributed by atoms with Gasteiger partial charge in [0.05, 0.1) is 6.61 Å². The van der Waals surface area contributed by atoms with Crippen LogP contribution in [0.3, 0.4) is 0 Å². The average Bonchev–Trinajstić information content (AvgIpc) is 2.60. The largest absolute Gasteiger partial charge is 0.345 e. The summed E-state index contributed by atoms with van der Waals surface area (Å²) in [6.45, 7) is 5.74. The molecule has 1 rings (SSSR count). The van der Waals surface area contributed by atoms with Crippen molar-refractivity contribution in [2.24, 2.45) is 5.92 Å². The van der Waals surface area contributed by atoms with Gasteiger partial charge in [-0.2, -0.15) is 0 Å². The van der Waals surface area contributed by atoms with Crippen molar-refractivity contribution in [3.63, 3.8) is 0 Å². The van der Waals surface area contributed by atoms with Gasteiger partial charge in [-0.1, -0.05) is 26.0 Å². The summed E-state index contributed by atoms with van der Waals surface area (Å²) < 4.78 is 0. The van der Waals surface area contributed by atoms with Crippen LogP contribution in [0.2, 0.25) is 0 Å². The lowest BCUT2D eigenvalue weighted by Gasteiger charge is -2.14. The van der Waals surface area contributed by atoms with Crippen molar-refractivity contribution in [2.75, 3.05) is 12.4 Å². The molecule has 3 N–H and O–H groups in total. The topological polar surface area (TPSA) is 96.5 Å². The van der Waals surface area contributed by atoms with Crippen molar-refractivity contribution in [3.8, 4) is 0 Å². The Morgan fingerprint density at radius 1 is 1.04 bits per heavy atom. The van der Waals surface area contributed by atoms with Crippen molar-refractivity contribution < 1.29 is 19.2 Å². The van der Waals surface area contributed by atoms with Gasteiger partial charge >= 0.3 is 0 Å². The molecule has 0 unspecified atom stereocenters. The fourth-order valence-corrected chi connectivity index (χ4v) is 2.18. The van der Waals surface area contributed by atoms with E-state index in [-0.39, 0.29) is 29.9 Å². The first-order chi connectivity index (χ1) is 12.3. The maximum atomic E-state index is 12.2. The number of ketones is 1. The number of hydroxylamine groups is 1. The fourth-order valence-electron chi connectivity index (χ4n) is 2.18. The quantitative estimate of drug-likeness (QED) is 0.524. The number of benzene rings is 1. The lowest BCUT2D eigenvalue weighted by molar-refractivity contribution is -0.126. The maximum Gasteiger partial charge on any atom is 0.246 e. The highest BCUT2D eigenvalue weighted by atomic mass is 16.6. The van der Waals surface area contributed by atoms with Gasteiger partial charge in [0.15, 0.2) is 0 Å². The van der Waals surface area contributed by atoms with E-state index in [4.69, 9.17) is 4.84 Å². The van der Waals surface area contributed by atoms with Crippen molar-refractivity contribution in [1.82, 2.24) is 10.8 Å². The molecule has 0 aliphatic carbocycles. The Morgan fingerprint density at radius 3 is 2.27 bits per heavy atom. The number of hydrogen-bond acceptors (Lipinski definition) is 5. The number of nitrogens with one attached hydrogen (secondary N) is 3.